The molecule has 2 aliphatic heterocycles. The van der Waals surface area contributed by atoms with Gasteiger partial charge < -0.3 is 35.2 Å². The lowest BCUT2D eigenvalue weighted by Crippen LogP contribution is -2.50. The highest BCUT2D eigenvalue weighted by molar-refractivity contribution is 5.87. The summed E-state index contributed by atoms with van der Waals surface area (Å²) in [5.41, 5.74) is 13.8. The molecule has 6 rings (SSSR count). The number of nitrogen functional groups attached to an aromatic ring is 2. The van der Waals surface area contributed by atoms with Gasteiger partial charge in [-0.2, -0.15) is 0 Å². The third-order valence-corrected chi connectivity index (χ3v) is 8.67. The number of phenolic OH excluding ortho intramolecular Hbond substituents is 1. The molecular weight excluding hydrogens is 576 g/mol. The van der Waals surface area contributed by atoms with E-state index in [0.717, 1.165) is 16.8 Å². The van der Waals surface area contributed by atoms with E-state index < -0.39 is 23.3 Å². The summed E-state index contributed by atoms with van der Waals surface area (Å²) in [6.45, 7) is 11.1. The van der Waals surface area contributed by atoms with Crippen LogP contribution in [0.1, 0.15) is 69.5 Å². The number of carbonyl (C=O) groups excluding carboxylic acids is 1. The van der Waals surface area contributed by atoms with Gasteiger partial charge in [0.05, 0.1) is 11.8 Å². The Morgan fingerprint density at radius 2 is 1.82 bits per heavy atom. The van der Waals surface area contributed by atoms with E-state index in [0.29, 0.717) is 47.2 Å². The number of nitrogens with zero attached hydrogens (tertiary/aromatic N) is 2. The van der Waals surface area contributed by atoms with Gasteiger partial charge in [-0.05, 0) is 76.3 Å². The zero-order valence-corrected chi connectivity index (χ0v) is 26.3. The van der Waals surface area contributed by atoms with Gasteiger partial charge in [0.1, 0.15) is 51.6 Å². The molecule has 45 heavy (non-hydrogen) atoms. The lowest BCUT2D eigenvalue weighted by Gasteiger charge is -2.39. The first-order chi connectivity index (χ1) is 21.1. The maximum atomic E-state index is 13.4. The second-order valence-corrected chi connectivity index (χ2v) is 13.0. The molecule has 0 radical (unpaired) electrons. The quantitative estimate of drug-likeness (QED) is 0.189. The average Bonchev–Trinajstić information content (AvgIpc) is 3.62. The molecule has 0 bridgehead atoms. The molecule has 5 heterocycles. The van der Waals surface area contributed by atoms with Crippen molar-refractivity contribution in [3.05, 3.63) is 69.2 Å². The Labute approximate surface area is 260 Å². The van der Waals surface area contributed by atoms with Crippen molar-refractivity contribution >= 4 is 28.6 Å². The number of epoxide rings is 1. The number of hydrogen-bond donors (Lipinski definition) is 3. The number of hydrogen-bond acceptors (Lipinski definition) is 11. The number of nitrogens with two attached hydrogens (primary N) is 2. The Kier molecular flexibility index (Phi) is 7.27. The monoisotopic (exact) mass is 614 g/mol. The van der Waals surface area contributed by atoms with Gasteiger partial charge >= 0.3 is 5.97 Å². The van der Waals surface area contributed by atoms with Crippen LogP contribution in [0.2, 0.25) is 0 Å². The Hall–Kier alpha value is -4.64. The van der Waals surface area contributed by atoms with E-state index in [9.17, 15) is 14.7 Å². The van der Waals surface area contributed by atoms with Gasteiger partial charge in [-0.3, -0.25) is 4.79 Å². The van der Waals surface area contributed by atoms with Crippen LogP contribution < -0.4 is 21.6 Å². The number of aryl methyl sites for hydroxylation is 2. The van der Waals surface area contributed by atoms with Crippen LogP contribution in [0, 0.1) is 6.92 Å². The van der Waals surface area contributed by atoms with Crippen molar-refractivity contribution in [2.75, 3.05) is 11.5 Å². The molecule has 5 N–H and O–H groups in total. The van der Waals surface area contributed by atoms with Crippen molar-refractivity contribution < 1.29 is 28.5 Å². The van der Waals surface area contributed by atoms with Crippen LogP contribution in [0.25, 0.3) is 22.2 Å². The second-order valence-electron chi connectivity index (χ2n) is 13.0. The highest BCUT2D eigenvalue weighted by Crippen LogP contribution is 2.45. The number of anilines is 2. The lowest BCUT2D eigenvalue weighted by atomic mass is 9.89. The number of fused-ring (bicyclic) bond motifs is 2. The Morgan fingerprint density at radius 1 is 1.09 bits per heavy atom. The molecule has 1 aromatic carbocycles. The molecule has 3 atom stereocenters. The summed E-state index contributed by atoms with van der Waals surface area (Å²) in [6.07, 6.45) is 0.197. The second kappa shape index (κ2) is 10.8. The molecule has 4 aromatic rings. The van der Waals surface area contributed by atoms with Crippen molar-refractivity contribution in [1.82, 2.24) is 9.97 Å². The number of aromatic hydroxyl groups is 1. The maximum Gasteiger partial charge on any atom is 0.341 e. The Morgan fingerprint density at radius 3 is 2.56 bits per heavy atom. The van der Waals surface area contributed by atoms with Gasteiger partial charge in [-0.1, -0.05) is 13.8 Å². The third-order valence-electron chi connectivity index (χ3n) is 8.67. The highest BCUT2D eigenvalue weighted by atomic mass is 16.7. The fraction of sp³-hybridized carbons (Fsp3) is 0.412. The summed E-state index contributed by atoms with van der Waals surface area (Å²) in [6, 6.07) is 10.4. The largest absolute Gasteiger partial charge is 0.507 e. The van der Waals surface area contributed by atoms with Crippen LogP contribution in [0.3, 0.4) is 0 Å². The van der Waals surface area contributed by atoms with Crippen LogP contribution in [-0.2, 0) is 27.1 Å². The lowest BCUT2D eigenvalue weighted by molar-refractivity contribution is -0.166. The number of benzene rings is 1. The van der Waals surface area contributed by atoms with Crippen LogP contribution in [0.5, 0.6) is 11.5 Å². The summed E-state index contributed by atoms with van der Waals surface area (Å²) in [5.74, 6) is 1.06. The summed E-state index contributed by atoms with van der Waals surface area (Å²) in [4.78, 5) is 35.0. The van der Waals surface area contributed by atoms with E-state index >= 15 is 0 Å². The molecule has 1 fully saturated rings. The molecule has 11 heteroatoms. The molecular formula is C34H38N4O7. The molecule has 3 aromatic heterocycles. The molecule has 236 valence electrons. The van der Waals surface area contributed by atoms with Crippen LogP contribution >= 0.6 is 0 Å². The Bertz CT molecular complexity index is 1900. The number of pyridine rings is 2. The predicted octanol–water partition coefficient (Wildman–Crippen LogP) is 4.97. The van der Waals surface area contributed by atoms with Gasteiger partial charge in [0.15, 0.2) is 11.0 Å². The SMILES string of the molecule is Cc1cc(=O)c2c(O)c3c(cc2o1)OC(C)(C)[C@H](OC(=O)[C@]1(C)O[C@@H]1CCc1cc(N)nc(-c2cc(N)nc(C(C)C)c2)c1)C3. The first-order valence-corrected chi connectivity index (χ1v) is 15.1. The first-order valence-electron chi connectivity index (χ1n) is 15.1. The van der Waals surface area contributed by atoms with Crippen molar-refractivity contribution in [1.29, 1.82) is 0 Å². The number of rotatable bonds is 7. The maximum absolute atomic E-state index is 13.4. The minimum Gasteiger partial charge on any atom is -0.507 e. The fourth-order valence-corrected chi connectivity index (χ4v) is 5.93. The van der Waals surface area contributed by atoms with Crippen LogP contribution in [0.4, 0.5) is 11.6 Å². The smallest absolute Gasteiger partial charge is 0.341 e. The van der Waals surface area contributed by atoms with Crippen molar-refractivity contribution in [2.24, 2.45) is 0 Å². The summed E-state index contributed by atoms with van der Waals surface area (Å²) in [5, 5.41) is 11.1. The highest BCUT2D eigenvalue weighted by Gasteiger charge is 2.60. The zero-order chi connectivity index (χ0) is 32.4. The van der Waals surface area contributed by atoms with E-state index in [1.807, 2.05) is 18.2 Å². The summed E-state index contributed by atoms with van der Waals surface area (Å²) >= 11 is 0. The van der Waals surface area contributed by atoms with E-state index in [1.54, 1.807) is 39.8 Å². The van der Waals surface area contributed by atoms with Gasteiger partial charge in [0.2, 0.25) is 0 Å². The third kappa shape index (κ3) is 5.68. The standard InChI is InChI=1S/C34H38N4O7/c1-16(2)21-12-19(13-29(36)37-21)22-10-18(11-28(35)38-22)7-8-26-34(6,45-26)32(41)43-27-14-20-24(44-33(27,4)5)15-25-30(31(20)40)23(39)9-17(3)42-25/h9-13,15-16,26-27,40H,7-8,14H2,1-6H3,(H2,35,38)(H2,36,37)/t26-,27-,34-/m1/s1. The molecule has 0 saturated carbocycles. The van der Waals surface area contributed by atoms with E-state index in [1.165, 1.54) is 6.07 Å². The van der Waals surface area contributed by atoms with E-state index in [-0.39, 0.29) is 40.6 Å². The van der Waals surface area contributed by atoms with Gasteiger partial charge in [0.25, 0.3) is 0 Å². The minimum absolute atomic E-state index is 0.0675. The molecule has 11 nitrogen and oxygen atoms in total. The topological polar surface area (TPSA) is 176 Å². The normalized spacial score (nSPS) is 21.8. The van der Waals surface area contributed by atoms with Crippen molar-refractivity contribution in [3.8, 4) is 22.8 Å². The summed E-state index contributed by atoms with van der Waals surface area (Å²) < 4.78 is 23.7. The minimum atomic E-state index is -1.13. The predicted molar refractivity (Wildman–Crippen MR) is 169 cm³/mol. The van der Waals surface area contributed by atoms with Crippen molar-refractivity contribution in [2.45, 2.75) is 90.1 Å². The number of aromatic nitrogens is 2. The average molecular weight is 615 g/mol. The summed E-state index contributed by atoms with van der Waals surface area (Å²) in [7, 11) is 0. The molecule has 0 unspecified atom stereocenters. The number of esters is 1. The fourth-order valence-electron chi connectivity index (χ4n) is 5.93. The first kappa shape index (κ1) is 30.4. The van der Waals surface area contributed by atoms with E-state index in [2.05, 4.69) is 23.8 Å². The molecule has 0 spiro atoms. The molecule has 0 amide bonds. The number of ether oxygens (including phenoxy) is 3. The molecule has 2 aliphatic rings. The van der Waals surface area contributed by atoms with E-state index in [4.69, 9.17) is 30.1 Å². The van der Waals surface area contributed by atoms with Gasteiger partial charge in [-0.15, -0.1) is 0 Å². The molecule has 1 saturated heterocycles. The Balaban J connectivity index is 1.15. The van der Waals surface area contributed by atoms with Crippen molar-refractivity contribution in [3.63, 3.8) is 0 Å². The van der Waals surface area contributed by atoms with Crippen LogP contribution in [-0.4, -0.2) is 44.5 Å². The zero-order valence-electron chi connectivity index (χ0n) is 26.3. The number of phenols is 1. The molecule has 0 aliphatic carbocycles. The van der Waals surface area contributed by atoms with Gasteiger partial charge in [0, 0.05) is 35.4 Å². The number of carbonyl (C=O) groups is 1. The van der Waals surface area contributed by atoms with Gasteiger partial charge in [-0.25, -0.2) is 14.8 Å². The van der Waals surface area contributed by atoms with Crippen LogP contribution in [0.15, 0.2) is 45.6 Å².